The van der Waals surface area contributed by atoms with Crippen molar-refractivity contribution in [3.05, 3.63) is 95.0 Å². The van der Waals surface area contributed by atoms with E-state index < -0.39 is 28.5 Å². The van der Waals surface area contributed by atoms with Crippen LogP contribution in [0, 0.1) is 6.92 Å². The second kappa shape index (κ2) is 14.7. The van der Waals surface area contributed by atoms with E-state index in [9.17, 15) is 18.0 Å². The molecule has 0 spiro atoms. The highest BCUT2D eigenvalue weighted by molar-refractivity contribution is 7.92. The number of nitrogens with one attached hydrogen (secondary N) is 1. The number of benzene rings is 3. The number of aryl methyl sites for hydroxylation is 1. The maximum Gasteiger partial charge on any atom is 0.264 e. The second-order valence-corrected chi connectivity index (χ2v) is 13.2. The van der Waals surface area contributed by atoms with Crippen molar-refractivity contribution in [1.82, 2.24) is 10.2 Å². The monoisotopic (exact) mass is 609 g/mol. The van der Waals surface area contributed by atoms with Crippen LogP contribution in [0.5, 0.6) is 0 Å². The van der Waals surface area contributed by atoms with Crippen molar-refractivity contribution >= 4 is 39.1 Å². The van der Waals surface area contributed by atoms with Crippen molar-refractivity contribution in [3.63, 3.8) is 0 Å². The van der Waals surface area contributed by atoms with Crippen molar-refractivity contribution in [2.45, 2.75) is 75.8 Å². The molecule has 0 radical (unpaired) electrons. The first-order chi connectivity index (χ1) is 20.2. The normalized spacial score (nSPS) is 14.6. The van der Waals surface area contributed by atoms with E-state index in [4.69, 9.17) is 11.6 Å². The van der Waals surface area contributed by atoms with Crippen molar-refractivity contribution in [2.24, 2.45) is 0 Å². The lowest BCUT2D eigenvalue weighted by Gasteiger charge is -2.34. The Kier molecular flexibility index (Phi) is 11.0. The molecule has 0 heterocycles. The highest BCUT2D eigenvalue weighted by Gasteiger charge is 2.34. The summed E-state index contributed by atoms with van der Waals surface area (Å²) in [6.07, 6.45) is 6.10. The summed E-state index contributed by atoms with van der Waals surface area (Å²) in [6, 6.07) is 22.1. The van der Waals surface area contributed by atoms with Gasteiger partial charge in [-0.2, -0.15) is 0 Å². The summed E-state index contributed by atoms with van der Waals surface area (Å²) >= 11 is 6.26. The second-order valence-electron chi connectivity index (χ2n) is 10.9. The number of carbonyl (C=O) groups is 2. The van der Waals surface area contributed by atoms with Gasteiger partial charge < -0.3 is 10.2 Å². The van der Waals surface area contributed by atoms with Gasteiger partial charge in [-0.05, 0) is 68.5 Å². The smallest absolute Gasteiger partial charge is 0.264 e. The van der Waals surface area contributed by atoms with E-state index in [-0.39, 0.29) is 29.1 Å². The number of carbonyl (C=O) groups excluding carboxylic acids is 2. The lowest BCUT2D eigenvalue weighted by Crippen LogP contribution is -2.54. The lowest BCUT2D eigenvalue weighted by molar-refractivity contribution is -0.140. The largest absolute Gasteiger partial charge is 0.352 e. The molecule has 2 amide bonds. The fourth-order valence-corrected chi connectivity index (χ4v) is 7.03. The molecule has 3 aromatic carbocycles. The molecule has 1 aliphatic rings. The summed E-state index contributed by atoms with van der Waals surface area (Å²) in [5.74, 6) is -0.645. The molecule has 7 nitrogen and oxygen atoms in total. The van der Waals surface area contributed by atoms with Crippen LogP contribution in [-0.2, 0) is 26.0 Å². The van der Waals surface area contributed by atoms with Crippen LogP contribution in [0.3, 0.4) is 0 Å². The molecular formula is C33H40ClN3O4S. The van der Waals surface area contributed by atoms with Gasteiger partial charge in [0.1, 0.15) is 12.6 Å². The van der Waals surface area contributed by atoms with Gasteiger partial charge in [0, 0.05) is 17.6 Å². The molecule has 0 aromatic heterocycles. The van der Waals surface area contributed by atoms with E-state index in [0.717, 1.165) is 41.1 Å². The highest BCUT2D eigenvalue weighted by Crippen LogP contribution is 2.27. The standard InChI is InChI=1S/C33H40ClN3O4S/c1-3-31(33(39)35-28-14-8-5-9-15-28)36(22-21-26-11-6-4-7-12-26)32(38)24-37(29-16-10-13-27(34)23-29)42(40,41)30-19-17-25(2)18-20-30/h4,6-7,10-13,16-20,23,28,31H,3,5,8-9,14-15,21-22,24H2,1-2H3,(H,35,39). The molecule has 3 aromatic rings. The molecule has 0 saturated heterocycles. The Hall–Kier alpha value is -3.36. The van der Waals surface area contributed by atoms with Gasteiger partial charge in [-0.3, -0.25) is 13.9 Å². The van der Waals surface area contributed by atoms with E-state index in [2.05, 4.69) is 5.32 Å². The van der Waals surface area contributed by atoms with Crippen LogP contribution in [0.15, 0.2) is 83.8 Å². The molecule has 1 aliphatic carbocycles. The maximum atomic E-state index is 14.2. The predicted molar refractivity (Wildman–Crippen MR) is 168 cm³/mol. The van der Waals surface area contributed by atoms with Crippen LogP contribution in [0.4, 0.5) is 5.69 Å². The van der Waals surface area contributed by atoms with E-state index in [0.29, 0.717) is 17.9 Å². The summed E-state index contributed by atoms with van der Waals surface area (Å²) < 4.78 is 29.0. The number of sulfonamides is 1. The quantitative estimate of drug-likeness (QED) is 0.267. The molecule has 1 N–H and O–H groups in total. The minimum atomic E-state index is -4.13. The molecular weight excluding hydrogens is 570 g/mol. The van der Waals surface area contributed by atoms with Crippen LogP contribution in [0.25, 0.3) is 0 Å². The topological polar surface area (TPSA) is 86.8 Å². The summed E-state index contributed by atoms with van der Waals surface area (Å²) in [4.78, 5) is 29.4. The zero-order valence-electron chi connectivity index (χ0n) is 24.3. The van der Waals surface area contributed by atoms with Crippen LogP contribution in [0.2, 0.25) is 5.02 Å². The Morgan fingerprint density at radius 1 is 0.952 bits per heavy atom. The Morgan fingerprint density at radius 3 is 2.29 bits per heavy atom. The van der Waals surface area contributed by atoms with E-state index in [1.165, 1.54) is 24.6 Å². The molecule has 0 aliphatic heterocycles. The zero-order chi connectivity index (χ0) is 30.1. The fraction of sp³-hybridized carbons (Fsp3) is 0.394. The SMILES string of the molecule is CCC(C(=O)NC1CCCCC1)N(CCc1ccccc1)C(=O)CN(c1cccc(Cl)c1)S(=O)(=O)c1ccc(C)cc1. The molecule has 4 rings (SSSR count). The summed E-state index contributed by atoms with van der Waals surface area (Å²) in [7, 11) is -4.13. The van der Waals surface area contributed by atoms with E-state index in [1.54, 1.807) is 35.2 Å². The molecule has 0 bridgehead atoms. The van der Waals surface area contributed by atoms with E-state index in [1.807, 2.05) is 44.2 Å². The van der Waals surface area contributed by atoms with Gasteiger partial charge in [0.15, 0.2) is 0 Å². The van der Waals surface area contributed by atoms with Crippen LogP contribution >= 0.6 is 11.6 Å². The molecule has 1 fully saturated rings. The van der Waals surface area contributed by atoms with Crippen molar-refractivity contribution < 1.29 is 18.0 Å². The number of hydrogen-bond donors (Lipinski definition) is 1. The number of hydrogen-bond acceptors (Lipinski definition) is 4. The van der Waals surface area contributed by atoms with Gasteiger partial charge in [-0.15, -0.1) is 0 Å². The molecule has 224 valence electrons. The average molecular weight is 610 g/mol. The number of amides is 2. The third-order valence-electron chi connectivity index (χ3n) is 7.81. The van der Waals surface area contributed by atoms with Gasteiger partial charge >= 0.3 is 0 Å². The number of halogens is 1. The Morgan fingerprint density at radius 2 is 1.64 bits per heavy atom. The molecule has 9 heteroatoms. The van der Waals surface area contributed by atoms with Crippen molar-refractivity contribution in [3.8, 4) is 0 Å². The third kappa shape index (κ3) is 8.13. The summed E-state index contributed by atoms with van der Waals surface area (Å²) in [5.41, 5.74) is 2.22. The highest BCUT2D eigenvalue weighted by atomic mass is 35.5. The first kappa shape index (κ1) is 31.6. The summed E-state index contributed by atoms with van der Waals surface area (Å²) in [5, 5.41) is 3.53. The first-order valence-corrected chi connectivity index (χ1v) is 16.5. The maximum absolute atomic E-state index is 14.2. The zero-order valence-corrected chi connectivity index (χ0v) is 25.9. The summed E-state index contributed by atoms with van der Waals surface area (Å²) in [6.45, 7) is 3.56. The molecule has 42 heavy (non-hydrogen) atoms. The Balaban J connectivity index is 1.66. The van der Waals surface area contributed by atoms with E-state index >= 15 is 0 Å². The minimum absolute atomic E-state index is 0.0683. The van der Waals surface area contributed by atoms with Crippen LogP contribution in [-0.4, -0.2) is 50.3 Å². The Bertz CT molecular complexity index is 1440. The number of anilines is 1. The number of nitrogens with zero attached hydrogens (tertiary/aromatic N) is 2. The van der Waals surface area contributed by atoms with Crippen molar-refractivity contribution in [1.29, 1.82) is 0 Å². The van der Waals surface area contributed by atoms with Gasteiger partial charge in [0.05, 0.1) is 10.6 Å². The average Bonchev–Trinajstić information content (AvgIpc) is 2.99. The fourth-order valence-electron chi connectivity index (χ4n) is 5.44. The molecule has 1 unspecified atom stereocenters. The minimum Gasteiger partial charge on any atom is -0.352 e. The number of rotatable bonds is 12. The van der Waals surface area contributed by atoms with Gasteiger partial charge in [-0.25, -0.2) is 8.42 Å². The first-order valence-electron chi connectivity index (χ1n) is 14.7. The van der Waals surface area contributed by atoms with Gasteiger partial charge in [0.25, 0.3) is 10.0 Å². The molecule has 1 atom stereocenters. The third-order valence-corrected chi connectivity index (χ3v) is 9.83. The van der Waals surface area contributed by atoms with Crippen LogP contribution in [0.1, 0.15) is 56.6 Å². The van der Waals surface area contributed by atoms with Gasteiger partial charge in [0.2, 0.25) is 11.8 Å². The lowest BCUT2D eigenvalue weighted by atomic mass is 9.95. The predicted octanol–water partition coefficient (Wildman–Crippen LogP) is 6.14. The van der Waals surface area contributed by atoms with Crippen molar-refractivity contribution in [2.75, 3.05) is 17.4 Å². The Labute approximate surface area is 254 Å². The van der Waals surface area contributed by atoms with Gasteiger partial charge in [-0.1, -0.05) is 91.9 Å². The molecule has 1 saturated carbocycles. The van der Waals surface area contributed by atoms with Crippen LogP contribution < -0.4 is 9.62 Å².